The van der Waals surface area contributed by atoms with Gasteiger partial charge in [-0.2, -0.15) is 0 Å². The van der Waals surface area contributed by atoms with Crippen LogP contribution in [0.4, 0.5) is 4.39 Å². The van der Waals surface area contributed by atoms with Gasteiger partial charge in [-0.1, -0.05) is 6.92 Å². The fourth-order valence-corrected chi connectivity index (χ4v) is 5.65. The Kier molecular flexibility index (Phi) is 3.81. The maximum atomic E-state index is 14.7. The van der Waals surface area contributed by atoms with Gasteiger partial charge >= 0.3 is 5.97 Å². The van der Waals surface area contributed by atoms with Crippen molar-refractivity contribution in [2.75, 3.05) is 0 Å². The van der Waals surface area contributed by atoms with Crippen LogP contribution in [0, 0.1) is 12.7 Å². The molecule has 3 aliphatic rings. The van der Waals surface area contributed by atoms with Crippen molar-refractivity contribution in [1.82, 2.24) is 9.55 Å². The maximum Gasteiger partial charge on any atom is 0.343 e. The van der Waals surface area contributed by atoms with Gasteiger partial charge in [-0.25, -0.2) is 14.2 Å². The van der Waals surface area contributed by atoms with Crippen LogP contribution < -0.4 is 11.3 Å². The second-order valence-electron chi connectivity index (χ2n) is 9.05. The number of hydrogen-bond acceptors (Lipinski definition) is 5. The van der Waals surface area contributed by atoms with Gasteiger partial charge in [0.2, 0.25) is 0 Å². The molecule has 0 saturated heterocycles. The molecule has 2 atom stereocenters. The molecule has 4 heterocycles. The van der Waals surface area contributed by atoms with Crippen LogP contribution in [0.3, 0.4) is 0 Å². The number of esters is 1. The van der Waals surface area contributed by atoms with E-state index < -0.39 is 11.6 Å². The number of benzene rings is 1. The van der Waals surface area contributed by atoms with E-state index in [0.717, 1.165) is 34.9 Å². The van der Waals surface area contributed by atoms with Crippen LogP contribution in [0.1, 0.15) is 59.2 Å². The van der Waals surface area contributed by atoms with Crippen molar-refractivity contribution in [3.05, 3.63) is 61.7 Å². The van der Waals surface area contributed by atoms with Crippen molar-refractivity contribution in [1.29, 1.82) is 0 Å². The first-order valence-electron chi connectivity index (χ1n) is 10.9. The zero-order valence-corrected chi connectivity index (χ0v) is 17.9. The predicted octanol–water partition coefficient (Wildman–Crippen LogP) is 1.76. The van der Waals surface area contributed by atoms with E-state index >= 15 is 0 Å². The highest BCUT2D eigenvalue weighted by atomic mass is 19.1. The quantitative estimate of drug-likeness (QED) is 0.442. The van der Waals surface area contributed by atoms with Gasteiger partial charge in [0.25, 0.3) is 5.56 Å². The zero-order valence-electron chi connectivity index (χ0n) is 17.9. The van der Waals surface area contributed by atoms with Crippen LogP contribution in [-0.4, -0.2) is 20.6 Å². The number of carbonyl (C=O) groups excluding carboxylic acids is 1. The summed E-state index contributed by atoms with van der Waals surface area (Å²) in [6.07, 6.45) is 1.62. The maximum absolute atomic E-state index is 14.7. The molecule has 7 nitrogen and oxygen atoms in total. The number of aryl methyl sites for hydroxylation is 1. The first kappa shape index (κ1) is 19.6. The number of cyclic esters (lactones) is 1. The average molecular weight is 436 g/mol. The van der Waals surface area contributed by atoms with E-state index in [9.17, 15) is 19.1 Å². The fourth-order valence-electron chi connectivity index (χ4n) is 5.65. The number of quaternary nitrogens is 1. The lowest BCUT2D eigenvalue weighted by Gasteiger charge is -2.31. The number of pyridine rings is 2. The number of nitrogens with zero attached hydrogens (tertiary/aromatic N) is 2. The molecule has 32 heavy (non-hydrogen) atoms. The molecule has 0 amide bonds. The van der Waals surface area contributed by atoms with Crippen LogP contribution in [0.25, 0.3) is 22.3 Å². The average Bonchev–Trinajstić information content (AvgIpc) is 3.14. The third kappa shape index (κ3) is 2.23. The second kappa shape index (κ2) is 6.24. The highest BCUT2D eigenvalue weighted by molar-refractivity contribution is 5.93. The molecule has 1 aromatic carbocycles. The van der Waals surface area contributed by atoms with Crippen molar-refractivity contribution >= 4 is 16.9 Å². The van der Waals surface area contributed by atoms with E-state index in [2.05, 4.69) is 5.73 Å². The standard InChI is InChI=1S/C24H22FN3O4/c1-3-24(31)14-6-18-21-12(8-28(18)22(29)13(14)9-32-23(24)30)19-16(26)5-4-11-10(2)15(25)7-17(27-21)20(11)19/h6-7,16,31H,3-5,8-9,26H2,1-2H3/p+1. The number of aromatic nitrogens is 2. The molecule has 2 aliphatic heterocycles. The highest BCUT2D eigenvalue weighted by Gasteiger charge is 2.45. The first-order chi connectivity index (χ1) is 15.3. The molecule has 4 N–H and O–H groups in total. The Bertz CT molecular complexity index is 1440. The molecule has 0 spiro atoms. The Morgan fingerprint density at radius 2 is 2.09 bits per heavy atom. The van der Waals surface area contributed by atoms with Crippen LogP contribution >= 0.6 is 0 Å². The lowest BCUT2D eigenvalue weighted by molar-refractivity contribution is -0.428. The minimum atomic E-state index is -1.87. The van der Waals surface area contributed by atoms with E-state index in [-0.39, 0.29) is 41.6 Å². The molecule has 0 fully saturated rings. The third-order valence-electron chi connectivity index (χ3n) is 7.50. The summed E-state index contributed by atoms with van der Waals surface area (Å²) in [7, 11) is 0. The van der Waals surface area contributed by atoms with Gasteiger partial charge in [0.15, 0.2) is 5.60 Å². The Balaban J connectivity index is 1.70. The zero-order chi connectivity index (χ0) is 22.5. The summed E-state index contributed by atoms with van der Waals surface area (Å²) in [6.45, 7) is 3.63. The number of hydrogen-bond donors (Lipinski definition) is 2. The number of fused-ring (bicyclic) bond motifs is 5. The number of halogens is 1. The molecule has 2 unspecified atom stereocenters. The lowest BCUT2D eigenvalue weighted by Crippen LogP contribution is -2.54. The molecule has 0 radical (unpaired) electrons. The predicted molar refractivity (Wildman–Crippen MR) is 113 cm³/mol. The van der Waals surface area contributed by atoms with Crippen molar-refractivity contribution in [2.45, 2.75) is 57.9 Å². The molecule has 6 rings (SSSR count). The van der Waals surface area contributed by atoms with E-state index in [0.29, 0.717) is 29.0 Å². The molecule has 3 aromatic rings. The Morgan fingerprint density at radius 1 is 1.31 bits per heavy atom. The second-order valence-corrected chi connectivity index (χ2v) is 9.05. The van der Waals surface area contributed by atoms with Gasteiger partial charge in [0, 0.05) is 34.6 Å². The molecular weight excluding hydrogens is 413 g/mol. The van der Waals surface area contributed by atoms with Crippen LogP contribution in [-0.2, 0) is 34.7 Å². The molecule has 164 valence electrons. The largest absolute Gasteiger partial charge is 0.458 e. The number of rotatable bonds is 1. The summed E-state index contributed by atoms with van der Waals surface area (Å²) in [5.74, 6) is -1.05. The van der Waals surface area contributed by atoms with Crippen LogP contribution in [0.2, 0.25) is 0 Å². The van der Waals surface area contributed by atoms with E-state index in [1.54, 1.807) is 24.5 Å². The van der Waals surface area contributed by atoms with E-state index in [1.165, 1.54) is 6.07 Å². The number of carbonyl (C=O) groups is 1. The van der Waals surface area contributed by atoms with Gasteiger partial charge in [-0.05, 0) is 37.0 Å². The monoisotopic (exact) mass is 436 g/mol. The van der Waals surface area contributed by atoms with Gasteiger partial charge in [-0.15, -0.1) is 0 Å². The SMILES string of the molecule is CCC1(O)C(=O)OCc2c1cc1n(c2=O)Cc2c-1nc1cc(F)c(C)c3c1c2C([NH3+])CC3. The van der Waals surface area contributed by atoms with Crippen molar-refractivity contribution < 1.29 is 24.8 Å². The first-order valence-corrected chi connectivity index (χ1v) is 10.9. The van der Waals surface area contributed by atoms with Crippen molar-refractivity contribution in [2.24, 2.45) is 0 Å². The topological polar surface area (TPSA) is 109 Å². The van der Waals surface area contributed by atoms with Crippen LogP contribution in [0.15, 0.2) is 16.9 Å². The Labute approximate surface area is 182 Å². The summed E-state index contributed by atoms with van der Waals surface area (Å²) in [4.78, 5) is 30.6. The number of ether oxygens (including phenoxy) is 1. The molecule has 1 aliphatic carbocycles. The molecule has 0 bridgehead atoms. The summed E-state index contributed by atoms with van der Waals surface area (Å²) >= 11 is 0. The van der Waals surface area contributed by atoms with Gasteiger partial charge in [0.05, 0.1) is 29.0 Å². The van der Waals surface area contributed by atoms with Gasteiger partial charge in [0.1, 0.15) is 18.5 Å². The summed E-state index contributed by atoms with van der Waals surface area (Å²) in [6, 6.07) is 3.14. The van der Waals surface area contributed by atoms with Crippen molar-refractivity contribution in [3.63, 3.8) is 0 Å². The van der Waals surface area contributed by atoms with E-state index in [1.807, 2.05) is 0 Å². The minimum absolute atomic E-state index is 0.00346. The molecule has 0 saturated carbocycles. The summed E-state index contributed by atoms with van der Waals surface area (Å²) < 4.78 is 21.4. The molecule has 2 aromatic heterocycles. The normalized spacial score (nSPS) is 23.0. The third-order valence-corrected chi connectivity index (χ3v) is 7.50. The van der Waals surface area contributed by atoms with E-state index in [4.69, 9.17) is 9.72 Å². The smallest absolute Gasteiger partial charge is 0.343 e. The van der Waals surface area contributed by atoms with Gasteiger partial charge in [-0.3, -0.25) is 4.79 Å². The minimum Gasteiger partial charge on any atom is -0.458 e. The van der Waals surface area contributed by atoms with Crippen LogP contribution in [0.5, 0.6) is 0 Å². The highest BCUT2D eigenvalue weighted by Crippen LogP contribution is 2.44. The fraction of sp³-hybridized carbons (Fsp3) is 0.375. The summed E-state index contributed by atoms with van der Waals surface area (Å²) in [5.41, 5.74) is 7.95. The Morgan fingerprint density at radius 3 is 2.84 bits per heavy atom. The lowest BCUT2D eigenvalue weighted by atomic mass is 9.82. The molecule has 8 heteroatoms. The number of aliphatic hydroxyl groups is 1. The van der Waals surface area contributed by atoms with Gasteiger partial charge < -0.3 is 20.1 Å². The molecular formula is C24H23FN3O4+. The van der Waals surface area contributed by atoms with Crippen molar-refractivity contribution in [3.8, 4) is 11.4 Å². The Hall–Kier alpha value is -3.10. The summed E-state index contributed by atoms with van der Waals surface area (Å²) in [5, 5.41) is 12.0.